The second kappa shape index (κ2) is 5.27. The first kappa shape index (κ1) is 14.3. The zero-order chi connectivity index (χ0) is 15.0. The molecule has 1 aromatic heterocycles. The van der Waals surface area contributed by atoms with E-state index in [0.717, 1.165) is 23.6 Å². The predicted molar refractivity (Wildman–Crippen MR) is 69.0 cm³/mol. The largest absolute Gasteiger partial charge is 0.418 e. The fourth-order valence-corrected chi connectivity index (χ4v) is 2.23. The number of alkyl halides is 3. The molecule has 21 heavy (non-hydrogen) atoms. The standard InChI is InChI=1S/C12H11ClF3N5/c13-9-3-1-2-8(12(14,15)16)11(9)21-10(18-19-20-21)6-17-7-4-5-7/h1-3,7,17H,4-6H2. The van der Waals surface area contributed by atoms with Crippen LogP contribution in [-0.2, 0) is 12.7 Å². The van der Waals surface area contributed by atoms with Crippen molar-refractivity contribution in [2.75, 3.05) is 0 Å². The molecule has 0 bridgehead atoms. The normalized spacial score (nSPS) is 15.4. The topological polar surface area (TPSA) is 55.6 Å². The summed E-state index contributed by atoms with van der Waals surface area (Å²) < 4.78 is 40.4. The molecule has 0 spiro atoms. The monoisotopic (exact) mass is 317 g/mol. The van der Waals surface area contributed by atoms with Gasteiger partial charge < -0.3 is 5.32 Å². The van der Waals surface area contributed by atoms with E-state index in [1.807, 2.05) is 0 Å². The van der Waals surface area contributed by atoms with Gasteiger partial charge in [0.2, 0.25) is 0 Å². The summed E-state index contributed by atoms with van der Waals surface area (Å²) in [6, 6.07) is 3.98. The smallest absolute Gasteiger partial charge is 0.307 e. The van der Waals surface area contributed by atoms with Crippen molar-refractivity contribution >= 4 is 11.6 Å². The van der Waals surface area contributed by atoms with E-state index in [2.05, 4.69) is 20.8 Å². The van der Waals surface area contributed by atoms with Gasteiger partial charge in [-0.25, -0.2) is 0 Å². The molecule has 0 amide bonds. The number of nitrogens with one attached hydrogen (secondary N) is 1. The third-order valence-corrected chi connectivity index (χ3v) is 3.47. The van der Waals surface area contributed by atoms with E-state index < -0.39 is 11.7 Å². The molecule has 0 unspecified atom stereocenters. The van der Waals surface area contributed by atoms with E-state index in [-0.39, 0.29) is 10.7 Å². The van der Waals surface area contributed by atoms with Crippen molar-refractivity contribution in [2.24, 2.45) is 0 Å². The van der Waals surface area contributed by atoms with Gasteiger partial charge in [0.1, 0.15) is 0 Å². The Morgan fingerprint density at radius 2 is 2.10 bits per heavy atom. The highest BCUT2D eigenvalue weighted by Crippen LogP contribution is 2.37. The van der Waals surface area contributed by atoms with Crippen LogP contribution in [0.5, 0.6) is 0 Å². The molecule has 0 atom stereocenters. The molecule has 112 valence electrons. The zero-order valence-corrected chi connectivity index (χ0v) is 11.5. The lowest BCUT2D eigenvalue weighted by Gasteiger charge is -2.14. The lowest BCUT2D eigenvalue weighted by atomic mass is 10.1. The second-order valence-electron chi connectivity index (χ2n) is 4.80. The van der Waals surface area contributed by atoms with Gasteiger partial charge in [-0.3, -0.25) is 0 Å². The van der Waals surface area contributed by atoms with Crippen LogP contribution in [0, 0.1) is 0 Å². The van der Waals surface area contributed by atoms with Crippen molar-refractivity contribution in [3.63, 3.8) is 0 Å². The molecular formula is C12H11ClF3N5. The van der Waals surface area contributed by atoms with Crippen LogP contribution >= 0.6 is 11.6 Å². The van der Waals surface area contributed by atoms with Gasteiger partial charge in [0, 0.05) is 6.04 Å². The minimum absolute atomic E-state index is 0.0511. The molecule has 1 aliphatic carbocycles. The highest BCUT2D eigenvalue weighted by molar-refractivity contribution is 6.32. The first-order chi connectivity index (χ1) is 9.97. The van der Waals surface area contributed by atoms with Crippen LogP contribution in [0.1, 0.15) is 24.2 Å². The summed E-state index contributed by atoms with van der Waals surface area (Å²) in [7, 11) is 0. The van der Waals surface area contributed by atoms with Gasteiger partial charge in [-0.05, 0) is 35.4 Å². The molecular weight excluding hydrogens is 307 g/mol. The summed E-state index contributed by atoms with van der Waals surface area (Å²) in [5.41, 5.74) is -1.11. The summed E-state index contributed by atoms with van der Waals surface area (Å²) >= 11 is 5.94. The molecule has 2 aromatic rings. The Hall–Kier alpha value is -1.67. The van der Waals surface area contributed by atoms with Crippen molar-refractivity contribution in [1.29, 1.82) is 0 Å². The molecule has 9 heteroatoms. The molecule has 0 radical (unpaired) electrons. The van der Waals surface area contributed by atoms with Gasteiger partial charge in [-0.1, -0.05) is 17.7 Å². The minimum atomic E-state index is -4.53. The van der Waals surface area contributed by atoms with E-state index in [9.17, 15) is 13.2 Å². The number of para-hydroxylation sites is 1. The molecule has 0 saturated heterocycles. The second-order valence-corrected chi connectivity index (χ2v) is 5.20. The van der Waals surface area contributed by atoms with Gasteiger partial charge in [-0.15, -0.1) is 5.10 Å². The third-order valence-electron chi connectivity index (χ3n) is 3.16. The van der Waals surface area contributed by atoms with Gasteiger partial charge in [-0.2, -0.15) is 17.9 Å². The average Bonchev–Trinajstić information content (AvgIpc) is 3.13. The highest BCUT2D eigenvalue weighted by atomic mass is 35.5. The third kappa shape index (κ3) is 3.01. The van der Waals surface area contributed by atoms with Crippen LogP contribution in [0.4, 0.5) is 13.2 Å². The number of aromatic nitrogens is 4. The summed E-state index contributed by atoms with van der Waals surface area (Å²) in [5.74, 6) is 0.292. The number of tetrazole rings is 1. The molecule has 1 heterocycles. The van der Waals surface area contributed by atoms with Crippen molar-refractivity contribution in [3.8, 4) is 5.69 Å². The predicted octanol–water partition coefficient (Wildman–Crippen LogP) is 2.59. The minimum Gasteiger partial charge on any atom is -0.307 e. The fraction of sp³-hybridized carbons (Fsp3) is 0.417. The van der Waals surface area contributed by atoms with Gasteiger partial charge in [0.15, 0.2) is 5.82 Å². The summed E-state index contributed by atoms with van der Waals surface area (Å²) in [6.07, 6.45) is -2.42. The molecule has 1 saturated carbocycles. The highest BCUT2D eigenvalue weighted by Gasteiger charge is 2.36. The van der Waals surface area contributed by atoms with E-state index in [1.165, 1.54) is 12.1 Å². The van der Waals surface area contributed by atoms with Crippen LogP contribution in [-0.4, -0.2) is 26.2 Å². The number of rotatable bonds is 4. The molecule has 1 aliphatic rings. The molecule has 1 N–H and O–H groups in total. The van der Waals surface area contributed by atoms with Crippen molar-refractivity contribution in [1.82, 2.24) is 25.5 Å². The van der Waals surface area contributed by atoms with E-state index in [4.69, 9.17) is 11.6 Å². The summed E-state index contributed by atoms with van der Waals surface area (Å²) in [5, 5.41) is 14.0. The SMILES string of the molecule is FC(F)(F)c1cccc(Cl)c1-n1nnnc1CNC1CC1. The van der Waals surface area contributed by atoms with E-state index >= 15 is 0 Å². The number of hydrogen-bond donors (Lipinski definition) is 1. The summed E-state index contributed by atoms with van der Waals surface area (Å²) in [6.45, 7) is 0.292. The Bertz CT molecular complexity index is 651. The lowest BCUT2D eigenvalue weighted by Crippen LogP contribution is -2.20. The molecule has 5 nitrogen and oxygen atoms in total. The van der Waals surface area contributed by atoms with Crippen LogP contribution in [0.3, 0.4) is 0 Å². The maximum Gasteiger partial charge on any atom is 0.418 e. The van der Waals surface area contributed by atoms with Crippen molar-refractivity contribution < 1.29 is 13.2 Å². The lowest BCUT2D eigenvalue weighted by molar-refractivity contribution is -0.137. The van der Waals surface area contributed by atoms with Crippen LogP contribution in [0.25, 0.3) is 5.69 Å². The Balaban J connectivity index is 2.01. The van der Waals surface area contributed by atoms with Gasteiger partial charge >= 0.3 is 6.18 Å². The molecule has 1 fully saturated rings. The maximum atomic E-state index is 13.1. The number of nitrogens with zero attached hydrogens (tertiary/aromatic N) is 4. The zero-order valence-electron chi connectivity index (χ0n) is 10.7. The first-order valence-corrected chi connectivity index (χ1v) is 6.71. The number of benzene rings is 1. The first-order valence-electron chi connectivity index (χ1n) is 6.33. The molecule has 3 rings (SSSR count). The van der Waals surface area contributed by atoms with Crippen LogP contribution in [0.15, 0.2) is 18.2 Å². The Labute approximate surface area is 123 Å². The maximum absolute atomic E-state index is 13.1. The fourth-order valence-electron chi connectivity index (χ4n) is 1.97. The van der Waals surface area contributed by atoms with Gasteiger partial charge in [0.05, 0.1) is 22.8 Å². The number of halogens is 4. The van der Waals surface area contributed by atoms with Crippen molar-refractivity contribution in [3.05, 3.63) is 34.6 Å². The summed E-state index contributed by atoms with van der Waals surface area (Å²) in [4.78, 5) is 0. The van der Waals surface area contributed by atoms with Crippen LogP contribution < -0.4 is 5.32 Å². The quantitative estimate of drug-likeness (QED) is 0.941. The van der Waals surface area contributed by atoms with Crippen molar-refractivity contribution in [2.45, 2.75) is 31.6 Å². The average molecular weight is 318 g/mol. The Morgan fingerprint density at radius 3 is 2.76 bits per heavy atom. The number of hydrogen-bond acceptors (Lipinski definition) is 4. The van der Waals surface area contributed by atoms with Crippen LogP contribution in [0.2, 0.25) is 5.02 Å². The molecule has 0 aliphatic heterocycles. The Morgan fingerprint density at radius 1 is 1.33 bits per heavy atom. The van der Waals surface area contributed by atoms with E-state index in [1.54, 1.807) is 0 Å². The molecule has 1 aromatic carbocycles. The van der Waals surface area contributed by atoms with Gasteiger partial charge in [0.25, 0.3) is 0 Å². The Kier molecular flexibility index (Phi) is 3.58. The van der Waals surface area contributed by atoms with E-state index in [0.29, 0.717) is 18.4 Å².